The second-order valence-corrected chi connectivity index (χ2v) is 9.73. The maximum absolute atomic E-state index is 2.43. The van der Waals surface area contributed by atoms with E-state index in [-0.39, 0.29) is 0 Å². The average molecular weight is 369 g/mol. The molecule has 0 N–H and O–H groups in total. The van der Waals surface area contributed by atoms with E-state index in [0.29, 0.717) is 0 Å². The van der Waals surface area contributed by atoms with Gasteiger partial charge in [0.25, 0.3) is 0 Å². The number of rotatable bonds is 9. The topological polar surface area (TPSA) is 0 Å². The summed E-state index contributed by atoms with van der Waals surface area (Å²) in [5.74, 6) is 4.01. The fourth-order valence-electron chi connectivity index (χ4n) is 5.98. The Bertz CT molecular complexity index is 497. The van der Waals surface area contributed by atoms with Crippen molar-refractivity contribution in [2.75, 3.05) is 0 Å². The van der Waals surface area contributed by atoms with Crippen LogP contribution in [-0.4, -0.2) is 0 Å². The molecule has 1 aromatic carbocycles. The Morgan fingerprint density at radius 3 is 1.89 bits per heavy atom. The first-order valence-corrected chi connectivity index (χ1v) is 12.4. The van der Waals surface area contributed by atoms with Gasteiger partial charge in [0, 0.05) is 0 Å². The summed E-state index contributed by atoms with van der Waals surface area (Å²) in [5, 5.41) is 0. The van der Waals surface area contributed by atoms with Gasteiger partial charge in [-0.15, -0.1) is 0 Å². The second kappa shape index (κ2) is 11.3. The predicted octanol–water partition coefficient (Wildman–Crippen LogP) is 8.69. The Balaban J connectivity index is 1.37. The van der Waals surface area contributed by atoms with E-state index in [2.05, 4.69) is 38.1 Å². The number of hydrogen-bond donors (Lipinski definition) is 0. The molecule has 0 bridgehead atoms. The Morgan fingerprint density at radius 2 is 1.30 bits per heavy atom. The van der Waals surface area contributed by atoms with Crippen LogP contribution in [0.25, 0.3) is 0 Å². The summed E-state index contributed by atoms with van der Waals surface area (Å²) in [7, 11) is 0. The van der Waals surface area contributed by atoms with Crippen LogP contribution in [0.15, 0.2) is 24.3 Å². The van der Waals surface area contributed by atoms with E-state index in [1.54, 1.807) is 18.4 Å². The Hall–Kier alpha value is -0.780. The normalized spacial score (nSPS) is 29.0. The lowest BCUT2D eigenvalue weighted by atomic mass is 9.68. The number of unbranched alkanes of at least 4 members (excludes halogenated alkanes) is 3. The zero-order chi connectivity index (χ0) is 18.9. The summed E-state index contributed by atoms with van der Waals surface area (Å²) in [6, 6.07) is 9.62. The maximum Gasteiger partial charge on any atom is -0.0162 e. The third kappa shape index (κ3) is 6.37. The molecule has 0 unspecified atom stereocenters. The molecule has 0 amide bonds. The van der Waals surface area contributed by atoms with Gasteiger partial charge in [-0.3, -0.25) is 0 Å². The molecule has 3 rings (SSSR count). The van der Waals surface area contributed by atoms with E-state index in [9.17, 15) is 0 Å². The molecule has 0 spiro atoms. The highest BCUT2D eigenvalue weighted by molar-refractivity contribution is 5.26. The predicted molar refractivity (Wildman–Crippen MR) is 119 cm³/mol. The maximum atomic E-state index is 2.43. The molecule has 0 heterocycles. The average Bonchev–Trinajstić information content (AvgIpc) is 2.73. The lowest BCUT2D eigenvalue weighted by molar-refractivity contribution is 0.155. The highest BCUT2D eigenvalue weighted by atomic mass is 14.4. The van der Waals surface area contributed by atoms with Crippen LogP contribution in [-0.2, 0) is 6.42 Å². The third-order valence-electron chi connectivity index (χ3n) is 7.79. The van der Waals surface area contributed by atoms with Crippen molar-refractivity contribution >= 4 is 0 Å². The van der Waals surface area contributed by atoms with E-state index < -0.39 is 0 Å². The smallest absolute Gasteiger partial charge is 0.0162 e. The highest BCUT2D eigenvalue weighted by Gasteiger charge is 2.31. The molecule has 0 nitrogen and oxygen atoms in total. The lowest BCUT2D eigenvalue weighted by Gasteiger charge is -2.38. The van der Waals surface area contributed by atoms with E-state index in [1.165, 1.54) is 89.0 Å². The van der Waals surface area contributed by atoms with E-state index in [0.717, 1.165) is 23.7 Å². The molecule has 1 aromatic rings. The van der Waals surface area contributed by atoms with Crippen molar-refractivity contribution in [3.63, 3.8) is 0 Å². The second-order valence-electron chi connectivity index (χ2n) is 9.73. The van der Waals surface area contributed by atoms with Crippen LogP contribution in [0.2, 0.25) is 0 Å². The number of hydrogen-bond acceptors (Lipinski definition) is 0. The van der Waals surface area contributed by atoms with Gasteiger partial charge in [-0.1, -0.05) is 89.5 Å². The summed E-state index contributed by atoms with van der Waals surface area (Å²) in [4.78, 5) is 0. The molecule has 2 aliphatic rings. The van der Waals surface area contributed by atoms with Gasteiger partial charge in [0.1, 0.15) is 0 Å². The van der Waals surface area contributed by atoms with E-state index in [1.807, 2.05) is 0 Å². The Morgan fingerprint density at radius 1 is 0.667 bits per heavy atom. The lowest BCUT2D eigenvalue weighted by Crippen LogP contribution is -2.25. The fourth-order valence-corrected chi connectivity index (χ4v) is 5.98. The molecule has 0 aromatic heterocycles. The molecule has 27 heavy (non-hydrogen) atoms. The fraction of sp³-hybridized carbons (Fsp3) is 0.778. The van der Waals surface area contributed by atoms with Crippen molar-refractivity contribution in [3.05, 3.63) is 35.4 Å². The van der Waals surface area contributed by atoms with Crippen LogP contribution >= 0.6 is 0 Å². The van der Waals surface area contributed by atoms with Crippen LogP contribution in [0.4, 0.5) is 0 Å². The van der Waals surface area contributed by atoms with Crippen molar-refractivity contribution < 1.29 is 0 Å². The minimum absolute atomic E-state index is 0.840. The molecule has 0 heteroatoms. The van der Waals surface area contributed by atoms with Crippen LogP contribution in [0, 0.1) is 17.8 Å². The molecule has 0 aliphatic heterocycles. The monoisotopic (exact) mass is 368 g/mol. The van der Waals surface area contributed by atoms with Gasteiger partial charge in [-0.2, -0.15) is 0 Å². The quantitative estimate of drug-likeness (QED) is 0.382. The molecule has 2 aliphatic carbocycles. The van der Waals surface area contributed by atoms with Crippen molar-refractivity contribution in [1.82, 2.24) is 0 Å². The van der Waals surface area contributed by atoms with Gasteiger partial charge in [0.2, 0.25) is 0 Å². The molecule has 152 valence electrons. The van der Waals surface area contributed by atoms with Crippen LogP contribution < -0.4 is 0 Å². The van der Waals surface area contributed by atoms with Gasteiger partial charge in [-0.25, -0.2) is 0 Å². The van der Waals surface area contributed by atoms with E-state index in [4.69, 9.17) is 0 Å². The highest BCUT2D eigenvalue weighted by Crippen LogP contribution is 2.44. The molecular formula is C27H44. The molecule has 0 radical (unpaired) electrons. The molecule has 0 atom stereocenters. The molecule has 2 saturated carbocycles. The molecule has 2 fully saturated rings. The van der Waals surface area contributed by atoms with Gasteiger partial charge >= 0.3 is 0 Å². The first kappa shape index (κ1) is 20.9. The van der Waals surface area contributed by atoms with Crippen molar-refractivity contribution in [3.8, 4) is 0 Å². The summed E-state index contributed by atoms with van der Waals surface area (Å²) in [6.07, 6.45) is 21.8. The van der Waals surface area contributed by atoms with Gasteiger partial charge < -0.3 is 0 Å². The van der Waals surface area contributed by atoms with Crippen LogP contribution in [0.3, 0.4) is 0 Å². The van der Waals surface area contributed by atoms with Gasteiger partial charge in [0.05, 0.1) is 0 Å². The van der Waals surface area contributed by atoms with Gasteiger partial charge in [-0.05, 0) is 79.7 Å². The molecular weight excluding hydrogens is 324 g/mol. The summed E-state index contributed by atoms with van der Waals surface area (Å²) < 4.78 is 0. The van der Waals surface area contributed by atoms with Crippen molar-refractivity contribution in [1.29, 1.82) is 0 Å². The standard InChI is InChI=1S/C27H44/c1-3-5-6-7-9-23-12-16-25(17-13-23)27-20-18-26(19-21-27)24-14-10-22(8-4-2)11-15-24/h10-11,14-15,23,25-27H,3-9,12-13,16-21H2,1-2H3/t23-,25-,26-,27-. The largest absolute Gasteiger partial charge is 0.0654 e. The Labute approximate surface area is 169 Å². The van der Waals surface area contributed by atoms with Crippen LogP contribution in [0.1, 0.15) is 121 Å². The number of benzene rings is 1. The summed E-state index contributed by atoms with van der Waals surface area (Å²) in [6.45, 7) is 4.59. The minimum atomic E-state index is 0.840. The first-order chi connectivity index (χ1) is 13.3. The van der Waals surface area contributed by atoms with E-state index >= 15 is 0 Å². The first-order valence-electron chi connectivity index (χ1n) is 12.4. The zero-order valence-corrected chi connectivity index (χ0v) is 18.2. The SMILES string of the molecule is CCCCCC[C@H]1CC[C@H]([C@H]2CC[C@H](c3ccc(CCC)cc3)CC2)CC1. The third-order valence-corrected chi connectivity index (χ3v) is 7.79. The summed E-state index contributed by atoms with van der Waals surface area (Å²) >= 11 is 0. The van der Waals surface area contributed by atoms with Crippen molar-refractivity contribution in [2.24, 2.45) is 17.8 Å². The zero-order valence-electron chi connectivity index (χ0n) is 18.2. The summed E-state index contributed by atoms with van der Waals surface area (Å²) in [5.41, 5.74) is 3.13. The van der Waals surface area contributed by atoms with Crippen molar-refractivity contribution in [2.45, 2.75) is 116 Å². The van der Waals surface area contributed by atoms with Gasteiger partial charge in [0.15, 0.2) is 0 Å². The number of aryl methyl sites for hydroxylation is 1. The Kier molecular flexibility index (Phi) is 8.75. The van der Waals surface area contributed by atoms with Crippen LogP contribution in [0.5, 0.6) is 0 Å². The molecule has 0 saturated heterocycles. The minimum Gasteiger partial charge on any atom is -0.0654 e.